The Bertz CT molecular complexity index is 1210. The number of nitro benzene ring substituents is 1. The lowest BCUT2D eigenvalue weighted by atomic mass is 10.1. The zero-order chi connectivity index (χ0) is 24.8. The van der Waals surface area contributed by atoms with Crippen LogP contribution in [0.3, 0.4) is 0 Å². The van der Waals surface area contributed by atoms with Gasteiger partial charge in [-0.05, 0) is 17.7 Å². The van der Waals surface area contributed by atoms with Crippen molar-refractivity contribution < 1.29 is 14.5 Å². The van der Waals surface area contributed by atoms with Crippen LogP contribution in [0.5, 0.6) is 0 Å². The summed E-state index contributed by atoms with van der Waals surface area (Å²) in [4.78, 5) is 29.7. The van der Waals surface area contributed by atoms with Crippen LogP contribution in [0, 0.1) is 10.1 Å². The van der Waals surface area contributed by atoms with Gasteiger partial charge in [0.15, 0.2) is 4.34 Å². The number of halogens is 2. The van der Waals surface area contributed by atoms with Crippen LogP contribution in [-0.4, -0.2) is 58.8 Å². The monoisotopic (exact) mass is 552 g/mol. The van der Waals surface area contributed by atoms with E-state index in [2.05, 4.69) is 15.2 Å². The fraction of sp³-hybridized carbons (Fsp3) is 0.304. The molecule has 2 heterocycles. The number of hydrogen-bond acceptors (Lipinski definition) is 8. The predicted molar refractivity (Wildman–Crippen MR) is 139 cm³/mol. The molecule has 2 aromatic carbocycles. The van der Waals surface area contributed by atoms with Gasteiger partial charge in [0.2, 0.25) is 5.91 Å². The highest BCUT2D eigenvalue weighted by molar-refractivity contribution is 8.01. The lowest BCUT2D eigenvalue weighted by molar-refractivity contribution is -0.384. The van der Waals surface area contributed by atoms with Crippen molar-refractivity contribution in [3.8, 4) is 11.3 Å². The van der Waals surface area contributed by atoms with E-state index in [4.69, 9.17) is 27.9 Å². The second kappa shape index (κ2) is 12.2. The van der Waals surface area contributed by atoms with Crippen molar-refractivity contribution in [1.82, 2.24) is 15.2 Å². The Morgan fingerprint density at radius 2 is 2.14 bits per heavy atom. The Hall–Kier alpha value is -2.21. The van der Waals surface area contributed by atoms with Gasteiger partial charge in [0.25, 0.3) is 5.69 Å². The maximum Gasteiger partial charge on any atom is 0.270 e. The van der Waals surface area contributed by atoms with Gasteiger partial charge in [-0.25, -0.2) is 4.98 Å². The van der Waals surface area contributed by atoms with E-state index in [-0.39, 0.29) is 23.5 Å². The molecule has 0 bridgehead atoms. The molecule has 1 atom stereocenters. The molecule has 4 rings (SSSR count). The van der Waals surface area contributed by atoms with Crippen LogP contribution in [0.4, 0.5) is 5.69 Å². The first-order valence-corrected chi connectivity index (χ1v) is 13.4. The number of carbonyl (C=O) groups is 1. The number of morpholine rings is 1. The third-order valence-corrected chi connectivity index (χ3v) is 8.06. The smallest absolute Gasteiger partial charge is 0.270 e. The van der Waals surface area contributed by atoms with Crippen molar-refractivity contribution >= 4 is 57.9 Å². The van der Waals surface area contributed by atoms with Crippen molar-refractivity contribution in [2.45, 2.75) is 17.0 Å². The van der Waals surface area contributed by atoms with E-state index in [1.54, 1.807) is 18.2 Å². The number of hydrogen-bond donors (Lipinski definition) is 1. The molecule has 1 aliphatic rings. The van der Waals surface area contributed by atoms with E-state index >= 15 is 0 Å². The average molecular weight is 553 g/mol. The van der Waals surface area contributed by atoms with Crippen LogP contribution in [0.15, 0.2) is 52.2 Å². The number of thiazole rings is 1. The van der Waals surface area contributed by atoms with Crippen LogP contribution in [0.2, 0.25) is 10.0 Å². The van der Waals surface area contributed by atoms with Crippen molar-refractivity contribution in [3.63, 3.8) is 0 Å². The van der Waals surface area contributed by atoms with Crippen molar-refractivity contribution in [3.05, 3.63) is 73.6 Å². The number of non-ortho nitro benzene ring substituents is 1. The van der Waals surface area contributed by atoms with Gasteiger partial charge >= 0.3 is 0 Å². The lowest BCUT2D eigenvalue weighted by Crippen LogP contribution is -2.47. The number of rotatable bonds is 9. The van der Waals surface area contributed by atoms with Crippen molar-refractivity contribution in [1.29, 1.82) is 0 Å². The van der Waals surface area contributed by atoms with E-state index in [9.17, 15) is 14.9 Å². The van der Waals surface area contributed by atoms with Crippen molar-refractivity contribution in [2.24, 2.45) is 0 Å². The van der Waals surface area contributed by atoms with E-state index in [1.807, 2.05) is 17.5 Å². The highest BCUT2D eigenvalue weighted by atomic mass is 35.5. The molecule has 1 amide bonds. The summed E-state index contributed by atoms with van der Waals surface area (Å²) in [5.74, 6) is 0.119. The van der Waals surface area contributed by atoms with E-state index in [0.717, 1.165) is 23.0 Å². The number of aromatic nitrogens is 1. The molecule has 12 heteroatoms. The van der Waals surface area contributed by atoms with Crippen LogP contribution < -0.4 is 5.32 Å². The molecule has 184 valence electrons. The summed E-state index contributed by atoms with van der Waals surface area (Å²) >= 11 is 14.8. The van der Waals surface area contributed by atoms with Gasteiger partial charge in [0, 0.05) is 49.3 Å². The zero-order valence-electron chi connectivity index (χ0n) is 18.5. The van der Waals surface area contributed by atoms with Gasteiger partial charge in [-0.2, -0.15) is 0 Å². The standard InChI is InChI=1S/C23H22Cl2N4O4S2/c24-19-5-4-15(8-20(19)25)11-28-6-7-33-18(12-28)10-26-22(30)14-35-23-27-21(13-34-23)16-2-1-3-17(9-16)29(31)32/h1-5,8-9,13,18H,6-7,10-12,14H2,(H,26,30)/t18-/m0/s1. The number of carbonyl (C=O) groups excluding carboxylic acids is 1. The number of nitrogens with one attached hydrogen (secondary N) is 1. The molecule has 1 fully saturated rings. The van der Waals surface area contributed by atoms with E-state index < -0.39 is 4.92 Å². The molecule has 0 aliphatic carbocycles. The largest absolute Gasteiger partial charge is 0.374 e. The highest BCUT2D eigenvalue weighted by Crippen LogP contribution is 2.30. The number of nitrogens with zero attached hydrogens (tertiary/aromatic N) is 3. The molecule has 3 aromatic rings. The summed E-state index contributed by atoms with van der Waals surface area (Å²) in [6, 6.07) is 12.0. The fourth-order valence-corrected chi connectivity index (χ4v) is 5.57. The third-order valence-electron chi connectivity index (χ3n) is 5.30. The minimum atomic E-state index is -0.432. The summed E-state index contributed by atoms with van der Waals surface area (Å²) in [7, 11) is 0. The first kappa shape index (κ1) is 25.9. The average Bonchev–Trinajstić information content (AvgIpc) is 3.33. The van der Waals surface area contributed by atoms with Crippen LogP contribution >= 0.6 is 46.3 Å². The predicted octanol–water partition coefficient (Wildman–Crippen LogP) is 5.13. The van der Waals surface area contributed by atoms with Crippen molar-refractivity contribution in [2.75, 3.05) is 32.0 Å². The third kappa shape index (κ3) is 7.39. The second-order valence-electron chi connectivity index (χ2n) is 7.88. The molecule has 0 radical (unpaired) electrons. The quantitative estimate of drug-likeness (QED) is 0.223. The molecule has 0 spiro atoms. The van der Waals surface area contributed by atoms with Crippen LogP contribution in [-0.2, 0) is 16.1 Å². The van der Waals surface area contributed by atoms with Gasteiger partial charge in [0.1, 0.15) is 0 Å². The van der Waals surface area contributed by atoms with Crippen LogP contribution in [0.1, 0.15) is 5.56 Å². The maximum absolute atomic E-state index is 12.4. The number of ether oxygens (including phenoxy) is 1. The molecular formula is C23H22Cl2N4O4S2. The van der Waals surface area contributed by atoms with E-state index in [1.165, 1.54) is 35.2 Å². The van der Waals surface area contributed by atoms with Gasteiger partial charge in [-0.15, -0.1) is 11.3 Å². The Balaban J connectivity index is 1.22. The van der Waals surface area contributed by atoms with Gasteiger partial charge in [-0.1, -0.05) is 53.2 Å². The lowest BCUT2D eigenvalue weighted by Gasteiger charge is -2.33. The highest BCUT2D eigenvalue weighted by Gasteiger charge is 2.21. The van der Waals surface area contributed by atoms with Gasteiger partial charge < -0.3 is 10.1 Å². The molecule has 0 unspecified atom stereocenters. The molecule has 1 saturated heterocycles. The second-order valence-corrected chi connectivity index (χ2v) is 10.8. The number of benzene rings is 2. The minimum Gasteiger partial charge on any atom is -0.374 e. The number of thioether (sulfide) groups is 1. The first-order chi connectivity index (χ1) is 16.9. The van der Waals surface area contributed by atoms with Crippen LogP contribution in [0.25, 0.3) is 11.3 Å². The maximum atomic E-state index is 12.4. The minimum absolute atomic E-state index is 0.0181. The molecule has 1 aromatic heterocycles. The number of amides is 1. The topological polar surface area (TPSA) is 97.6 Å². The summed E-state index contributed by atoms with van der Waals surface area (Å²) in [5.41, 5.74) is 2.42. The molecule has 1 aliphatic heterocycles. The first-order valence-electron chi connectivity index (χ1n) is 10.7. The Labute approximate surface area is 220 Å². The Morgan fingerprint density at radius 3 is 2.94 bits per heavy atom. The fourth-order valence-electron chi connectivity index (χ4n) is 3.58. The molecular weight excluding hydrogens is 531 g/mol. The Morgan fingerprint density at radius 1 is 1.29 bits per heavy atom. The summed E-state index contributed by atoms with van der Waals surface area (Å²) in [6.45, 7) is 3.26. The van der Waals surface area contributed by atoms with E-state index in [0.29, 0.717) is 41.0 Å². The summed E-state index contributed by atoms with van der Waals surface area (Å²) in [5, 5.41) is 16.8. The zero-order valence-corrected chi connectivity index (χ0v) is 21.6. The Kier molecular flexibility index (Phi) is 8.99. The molecule has 8 nitrogen and oxygen atoms in total. The molecule has 0 saturated carbocycles. The molecule has 35 heavy (non-hydrogen) atoms. The summed E-state index contributed by atoms with van der Waals surface area (Å²) < 4.78 is 6.54. The number of nitro groups is 1. The van der Waals surface area contributed by atoms with Gasteiger partial charge in [0.05, 0.1) is 39.1 Å². The SMILES string of the molecule is O=C(CSc1nc(-c2cccc([N+](=O)[O-])c2)cs1)NC[C@H]1CN(Cc2ccc(Cl)c(Cl)c2)CCO1. The normalized spacial score (nSPS) is 16.2. The summed E-state index contributed by atoms with van der Waals surface area (Å²) in [6.07, 6.45) is -0.0965. The molecule has 1 N–H and O–H groups in total. The van der Waals surface area contributed by atoms with Gasteiger partial charge in [-0.3, -0.25) is 19.8 Å².